The summed E-state index contributed by atoms with van der Waals surface area (Å²) >= 11 is 0. The van der Waals surface area contributed by atoms with Crippen molar-refractivity contribution in [2.24, 2.45) is 0 Å². The Morgan fingerprint density at radius 3 is 2.93 bits per heavy atom. The quantitative estimate of drug-likeness (QED) is 0.695. The Bertz CT molecular complexity index is 463. The number of hydrogen-bond donors (Lipinski definition) is 1. The molecule has 0 aliphatic carbocycles. The summed E-state index contributed by atoms with van der Waals surface area (Å²) in [6.45, 7) is 2.62. The van der Waals surface area contributed by atoms with E-state index in [1.807, 2.05) is 0 Å². The second-order valence-corrected chi connectivity index (χ2v) is 3.40. The summed E-state index contributed by atoms with van der Waals surface area (Å²) in [5.41, 5.74) is 0.915. The summed E-state index contributed by atoms with van der Waals surface area (Å²) in [5.74, 6) is 1.83. The van der Waals surface area contributed by atoms with Crippen LogP contribution in [0, 0.1) is 0 Å². The first-order valence-electron chi connectivity index (χ1n) is 4.83. The van der Waals surface area contributed by atoms with Crippen LogP contribution in [0.1, 0.15) is 5.82 Å². The minimum Gasteiger partial charge on any atom is -0.309 e. The largest absolute Gasteiger partial charge is 0.309 e. The third-order valence-corrected chi connectivity index (χ3v) is 2.44. The van der Waals surface area contributed by atoms with Crippen LogP contribution in [0.2, 0.25) is 0 Å². The first-order chi connectivity index (χ1) is 7.45. The highest BCUT2D eigenvalue weighted by atomic mass is 15.3. The van der Waals surface area contributed by atoms with Crippen molar-refractivity contribution < 1.29 is 0 Å². The lowest BCUT2D eigenvalue weighted by Gasteiger charge is -2.15. The zero-order chi connectivity index (χ0) is 10.1. The Kier molecular flexibility index (Phi) is 1.92. The van der Waals surface area contributed by atoms with Crippen LogP contribution in [0.15, 0.2) is 18.7 Å². The van der Waals surface area contributed by atoms with E-state index in [1.165, 1.54) is 6.33 Å². The van der Waals surface area contributed by atoms with Gasteiger partial charge in [-0.1, -0.05) is 0 Å². The molecule has 0 saturated heterocycles. The van der Waals surface area contributed by atoms with Crippen molar-refractivity contribution in [2.45, 2.75) is 13.1 Å². The van der Waals surface area contributed by atoms with Crippen molar-refractivity contribution >= 4 is 0 Å². The molecule has 1 aliphatic heterocycles. The number of fused-ring (bicyclic) bond motifs is 1. The minimum absolute atomic E-state index is 0.778. The molecule has 0 amide bonds. The van der Waals surface area contributed by atoms with E-state index in [2.05, 4.69) is 30.0 Å². The minimum atomic E-state index is 0.778. The molecule has 15 heavy (non-hydrogen) atoms. The molecule has 0 atom stereocenters. The first kappa shape index (κ1) is 8.49. The van der Waals surface area contributed by atoms with E-state index >= 15 is 0 Å². The molecule has 0 spiro atoms. The van der Waals surface area contributed by atoms with Crippen LogP contribution in [-0.2, 0) is 13.1 Å². The molecule has 3 rings (SSSR count). The molecule has 0 bridgehead atoms. The van der Waals surface area contributed by atoms with Gasteiger partial charge in [-0.15, -0.1) is 10.2 Å². The number of nitrogens with zero attached hydrogens (tertiary/aromatic N) is 5. The maximum atomic E-state index is 4.16. The summed E-state index contributed by atoms with van der Waals surface area (Å²) < 4.78 is 2.11. The predicted octanol–water partition coefficient (Wildman–Crippen LogP) is -0.162. The fraction of sp³-hybridized carbons (Fsp3) is 0.333. The molecule has 0 unspecified atom stereocenters. The van der Waals surface area contributed by atoms with Gasteiger partial charge >= 0.3 is 0 Å². The maximum absolute atomic E-state index is 4.16. The lowest BCUT2D eigenvalue weighted by Crippen LogP contribution is -2.28. The SMILES string of the molecule is c1ncc(-c2nnc3n2CCNC3)cn1. The Labute approximate surface area is 86.4 Å². The van der Waals surface area contributed by atoms with Crippen molar-refractivity contribution in [2.75, 3.05) is 6.54 Å². The van der Waals surface area contributed by atoms with Crippen molar-refractivity contribution in [3.8, 4) is 11.4 Å². The van der Waals surface area contributed by atoms with E-state index in [1.54, 1.807) is 12.4 Å². The highest BCUT2D eigenvalue weighted by molar-refractivity contribution is 5.52. The molecule has 6 heteroatoms. The smallest absolute Gasteiger partial charge is 0.167 e. The fourth-order valence-corrected chi connectivity index (χ4v) is 1.72. The number of rotatable bonds is 1. The molecule has 0 fully saturated rings. The van der Waals surface area contributed by atoms with Gasteiger partial charge in [-0.05, 0) is 0 Å². The normalized spacial score (nSPS) is 14.9. The van der Waals surface area contributed by atoms with E-state index in [4.69, 9.17) is 0 Å². The maximum Gasteiger partial charge on any atom is 0.167 e. The molecule has 0 saturated carbocycles. The zero-order valence-electron chi connectivity index (χ0n) is 8.09. The number of nitrogens with one attached hydrogen (secondary N) is 1. The van der Waals surface area contributed by atoms with E-state index in [9.17, 15) is 0 Å². The van der Waals surface area contributed by atoms with Gasteiger partial charge < -0.3 is 9.88 Å². The summed E-state index contributed by atoms with van der Waals surface area (Å²) in [6.07, 6.45) is 5.02. The molecule has 1 aliphatic rings. The number of aromatic nitrogens is 5. The molecule has 6 nitrogen and oxygen atoms in total. The predicted molar refractivity (Wildman–Crippen MR) is 52.8 cm³/mol. The van der Waals surface area contributed by atoms with Crippen LogP contribution in [0.25, 0.3) is 11.4 Å². The fourth-order valence-electron chi connectivity index (χ4n) is 1.72. The lowest BCUT2D eigenvalue weighted by atomic mass is 10.3. The van der Waals surface area contributed by atoms with Gasteiger partial charge in [0.1, 0.15) is 12.2 Å². The Hall–Kier alpha value is -1.82. The van der Waals surface area contributed by atoms with Crippen LogP contribution in [0.5, 0.6) is 0 Å². The molecular weight excluding hydrogens is 192 g/mol. The van der Waals surface area contributed by atoms with Crippen LogP contribution < -0.4 is 5.32 Å². The van der Waals surface area contributed by atoms with Gasteiger partial charge in [0.05, 0.1) is 12.1 Å². The van der Waals surface area contributed by atoms with Crippen LogP contribution in [0.4, 0.5) is 0 Å². The van der Waals surface area contributed by atoms with Gasteiger partial charge in [-0.2, -0.15) is 0 Å². The van der Waals surface area contributed by atoms with Crippen LogP contribution >= 0.6 is 0 Å². The second-order valence-electron chi connectivity index (χ2n) is 3.40. The van der Waals surface area contributed by atoms with Gasteiger partial charge in [-0.25, -0.2) is 9.97 Å². The van der Waals surface area contributed by atoms with Crippen LogP contribution in [0.3, 0.4) is 0 Å². The van der Waals surface area contributed by atoms with Gasteiger partial charge in [0.15, 0.2) is 5.82 Å². The van der Waals surface area contributed by atoms with Crippen molar-refractivity contribution in [1.29, 1.82) is 0 Å². The molecule has 76 valence electrons. The third kappa shape index (κ3) is 1.39. The summed E-state index contributed by atoms with van der Waals surface area (Å²) in [7, 11) is 0. The van der Waals surface area contributed by atoms with Gasteiger partial charge in [0.25, 0.3) is 0 Å². The molecule has 0 radical (unpaired) electrons. The van der Waals surface area contributed by atoms with Crippen LogP contribution in [-0.4, -0.2) is 31.3 Å². The topological polar surface area (TPSA) is 68.5 Å². The van der Waals surface area contributed by atoms with E-state index in [-0.39, 0.29) is 0 Å². The second kappa shape index (κ2) is 3.39. The third-order valence-electron chi connectivity index (χ3n) is 2.44. The highest BCUT2D eigenvalue weighted by Crippen LogP contribution is 2.17. The van der Waals surface area contributed by atoms with E-state index in [0.29, 0.717) is 0 Å². The van der Waals surface area contributed by atoms with Gasteiger partial charge in [0.2, 0.25) is 0 Å². The van der Waals surface area contributed by atoms with Crippen molar-refractivity contribution in [1.82, 2.24) is 30.0 Å². The summed E-state index contributed by atoms with van der Waals surface area (Å²) in [4.78, 5) is 7.96. The Morgan fingerprint density at radius 1 is 1.20 bits per heavy atom. The monoisotopic (exact) mass is 202 g/mol. The van der Waals surface area contributed by atoms with Gasteiger partial charge in [0, 0.05) is 25.5 Å². The Morgan fingerprint density at radius 2 is 2.07 bits per heavy atom. The molecular formula is C9H10N6. The van der Waals surface area contributed by atoms with E-state index in [0.717, 1.165) is 36.8 Å². The zero-order valence-corrected chi connectivity index (χ0v) is 8.09. The average molecular weight is 202 g/mol. The molecule has 2 aromatic rings. The lowest BCUT2D eigenvalue weighted by molar-refractivity contribution is 0.508. The molecule has 0 aromatic carbocycles. The molecule has 2 aromatic heterocycles. The molecule has 1 N–H and O–H groups in total. The summed E-state index contributed by atoms with van der Waals surface area (Å²) in [5, 5.41) is 11.5. The van der Waals surface area contributed by atoms with Crippen molar-refractivity contribution in [3.63, 3.8) is 0 Å². The highest BCUT2D eigenvalue weighted by Gasteiger charge is 2.16. The first-order valence-corrected chi connectivity index (χ1v) is 4.83. The average Bonchev–Trinajstić information content (AvgIpc) is 2.74. The summed E-state index contributed by atoms with van der Waals surface area (Å²) in [6, 6.07) is 0. The van der Waals surface area contributed by atoms with E-state index < -0.39 is 0 Å². The Balaban J connectivity index is 2.09. The molecule has 3 heterocycles. The number of hydrogen-bond acceptors (Lipinski definition) is 5. The van der Waals surface area contributed by atoms with Crippen molar-refractivity contribution in [3.05, 3.63) is 24.5 Å². The van der Waals surface area contributed by atoms with Gasteiger partial charge in [-0.3, -0.25) is 0 Å². The standard InChI is InChI=1S/C9H10N6/c1-2-15-8(5-10-1)13-14-9(15)7-3-11-6-12-4-7/h3-4,6,10H,1-2,5H2.